The second-order valence-electron chi connectivity index (χ2n) is 3.67. The number of nitrogens with zero attached hydrogens (tertiary/aromatic N) is 3. The molecule has 0 saturated carbocycles. The molecule has 0 bridgehead atoms. The second-order valence-corrected chi connectivity index (χ2v) is 3.67. The minimum Gasteiger partial charge on any atom is -0.478 e. The van der Waals surface area contributed by atoms with E-state index in [0.717, 1.165) is 5.69 Å². The predicted octanol–water partition coefficient (Wildman–Crippen LogP) is 1.49. The molecule has 92 valence electrons. The second kappa shape index (κ2) is 5.22. The number of aromatic nitrogens is 3. The Kier molecular flexibility index (Phi) is 3.47. The van der Waals surface area contributed by atoms with Gasteiger partial charge in [-0.3, -0.25) is 4.98 Å². The van der Waals surface area contributed by atoms with E-state index in [1.54, 1.807) is 13.1 Å². The highest BCUT2D eigenvalue weighted by Gasteiger charge is 2.09. The molecule has 0 aliphatic carbocycles. The molecule has 18 heavy (non-hydrogen) atoms. The highest BCUT2D eigenvalue weighted by molar-refractivity contribution is 5.88. The lowest BCUT2D eigenvalue weighted by molar-refractivity contribution is 0.0695. The van der Waals surface area contributed by atoms with Gasteiger partial charge in [0.25, 0.3) is 0 Å². The quantitative estimate of drug-likeness (QED) is 0.847. The Morgan fingerprint density at radius 1 is 1.39 bits per heavy atom. The van der Waals surface area contributed by atoms with Gasteiger partial charge in [-0.1, -0.05) is 6.07 Å². The first kappa shape index (κ1) is 12.0. The third kappa shape index (κ3) is 2.79. The molecule has 0 aliphatic heterocycles. The van der Waals surface area contributed by atoms with Crippen LogP contribution in [0.15, 0.2) is 30.6 Å². The van der Waals surface area contributed by atoms with Gasteiger partial charge in [0.15, 0.2) is 0 Å². The van der Waals surface area contributed by atoms with E-state index in [4.69, 9.17) is 5.11 Å². The average Bonchev–Trinajstić information content (AvgIpc) is 2.37. The summed E-state index contributed by atoms with van der Waals surface area (Å²) in [5, 5.41) is 11.8. The highest BCUT2D eigenvalue weighted by Crippen LogP contribution is 2.07. The standard InChI is InChI=1S/C12H12N4O2/c1-8-10(11(17)18)7-15-12(16-8)14-6-9-4-2-3-5-13-9/h2-5,7H,6H2,1H3,(H,17,18)(H,14,15,16). The van der Waals surface area contributed by atoms with Crippen LogP contribution in [0.4, 0.5) is 5.95 Å². The number of carboxylic acids is 1. The fourth-order valence-corrected chi connectivity index (χ4v) is 1.43. The molecule has 0 aromatic carbocycles. The first-order valence-electron chi connectivity index (χ1n) is 5.37. The number of aryl methyl sites for hydroxylation is 1. The topological polar surface area (TPSA) is 88.0 Å². The maximum Gasteiger partial charge on any atom is 0.339 e. The fraction of sp³-hybridized carbons (Fsp3) is 0.167. The van der Waals surface area contributed by atoms with E-state index in [9.17, 15) is 4.79 Å². The Labute approximate surface area is 104 Å². The smallest absolute Gasteiger partial charge is 0.339 e. The summed E-state index contributed by atoms with van der Waals surface area (Å²) < 4.78 is 0. The number of hydrogen-bond donors (Lipinski definition) is 2. The van der Waals surface area contributed by atoms with Gasteiger partial charge in [0.05, 0.1) is 23.5 Å². The number of hydrogen-bond acceptors (Lipinski definition) is 5. The van der Waals surface area contributed by atoms with Crippen molar-refractivity contribution >= 4 is 11.9 Å². The number of nitrogens with one attached hydrogen (secondary N) is 1. The maximum atomic E-state index is 10.8. The molecule has 6 nitrogen and oxygen atoms in total. The van der Waals surface area contributed by atoms with Gasteiger partial charge in [0, 0.05) is 12.4 Å². The Morgan fingerprint density at radius 3 is 2.83 bits per heavy atom. The minimum atomic E-state index is -1.02. The van der Waals surface area contributed by atoms with Crippen LogP contribution < -0.4 is 5.32 Å². The number of carbonyl (C=O) groups is 1. The van der Waals surface area contributed by atoms with Gasteiger partial charge in [-0.05, 0) is 19.1 Å². The SMILES string of the molecule is Cc1nc(NCc2ccccn2)ncc1C(=O)O. The molecule has 2 aromatic heterocycles. The monoisotopic (exact) mass is 244 g/mol. The molecule has 2 heterocycles. The van der Waals surface area contributed by atoms with E-state index in [1.165, 1.54) is 6.20 Å². The van der Waals surface area contributed by atoms with Crippen LogP contribution in [0.5, 0.6) is 0 Å². The molecule has 0 spiro atoms. The van der Waals surface area contributed by atoms with E-state index < -0.39 is 5.97 Å². The molecule has 0 radical (unpaired) electrons. The first-order valence-corrected chi connectivity index (χ1v) is 5.37. The average molecular weight is 244 g/mol. The van der Waals surface area contributed by atoms with Crippen LogP contribution in [0.3, 0.4) is 0 Å². The third-order valence-electron chi connectivity index (χ3n) is 2.36. The van der Waals surface area contributed by atoms with Crippen LogP contribution in [-0.4, -0.2) is 26.0 Å². The Morgan fingerprint density at radius 2 is 2.22 bits per heavy atom. The molecule has 0 unspecified atom stereocenters. The van der Waals surface area contributed by atoms with Crippen LogP contribution in [-0.2, 0) is 6.54 Å². The van der Waals surface area contributed by atoms with E-state index >= 15 is 0 Å². The van der Waals surface area contributed by atoms with Gasteiger partial charge in [-0.2, -0.15) is 0 Å². The van der Waals surface area contributed by atoms with Crippen LogP contribution in [0.25, 0.3) is 0 Å². The summed E-state index contributed by atoms with van der Waals surface area (Å²) in [7, 11) is 0. The fourth-order valence-electron chi connectivity index (χ4n) is 1.43. The van der Waals surface area contributed by atoms with Crippen LogP contribution in [0.2, 0.25) is 0 Å². The number of pyridine rings is 1. The van der Waals surface area contributed by atoms with Crippen LogP contribution >= 0.6 is 0 Å². The Hall–Kier alpha value is -2.50. The van der Waals surface area contributed by atoms with Gasteiger partial charge in [-0.25, -0.2) is 14.8 Å². The number of anilines is 1. The Bertz CT molecular complexity index is 557. The third-order valence-corrected chi connectivity index (χ3v) is 2.36. The van der Waals surface area contributed by atoms with E-state index in [0.29, 0.717) is 18.2 Å². The van der Waals surface area contributed by atoms with Crippen molar-refractivity contribution in [2.24, 2.45) is 0 Å². The zero-order valence-corrected chi connectivity index (χ0v) is 9.79. The Balaban J connectivity index is 2.07. The van der Waals surface area contributed by atoms with Crippen LogP contribution in [0.1, 0.15) is 21.7 Å². The summed E-state index contributed by atoms with van der Waals surface area (Å²) in [6.07, 6.45) is 3.00. The number of carboxylic acid groups (broad SMARTS) is 1. The lowest BCUT2D eigenvalue weighted by atomic mass is 10.2. The van der Waals surface area contributed by atoms with Crippen molar-refractivity contribution in [2.75, 3.05) is 5.32 Å². The van der Waals surface area contributed by atoms with E-state index in [-0.39, 0.29) is 5.56 Å². The van der Waals surface area contributed by atoms with Crippen molar-refractivity contribution in [2.45, 2.75) is 13.5 Å². The van der Waals surface area contributed by atoms with Crippen molar-refractivity contribution in [1.82, 2.24) is 15.0 Å². The molecule has 2 rings (SSSR count). The predicted molar refractivity (Wildman–Crippen MR) is 65.3 cm³/mol. The largest absolute Gasteiger partial charge is 0.478 e. The van der Waals surface area contributed by atoms with Gasteiger partial charge in [0.1, 0.15) is 0 Å². The molecule has 0 saturated heterocycles. The van der Waals surface area contributed by atoms with Crippen molar-refractivity contribution < 1.29 is 9.90 Å². The van der Waals surface area contributed by atoms with Gasteiger partial charge in [-0.15, -0.1) is 0 Å². The van der Waals surface area contributed by atoms with Crippen LogP contribution in [0, 0.1) is 6.92 Å². The molecule has 0 atom stereocenters. The van der Waals surface area contributed by atoms with Crippen molar-refractivity contribution in [3.8, 4) is 0 Å². The summed E-state index contributed by atoms with van der Waals surface area (Å²) in [5.41, 5.74) is 1.40. The number of rotatable bonds is 4. The van der Waals surface area contributed by atoms with E-state index in [2.05, 4.69) is 20.3 Å². The number of aromatic carboxylic acids is 1. The van der Waals surface area contributed by atoms with Gasteiger partial charge >= 0.3 is 5.97 Å². The molecule has 0 aliphatic rings. The summed E-state index contributed by atoms with van der Waals surface area (Å²) in [4.78, 5) is 23.0. The summed E-state index contributed by atoms with van der Waals surface area (Å²) in [5.74, 6) is -0.632. The van der Waals surface area contributed by atoms with Crippen molar-refractivity contribution in [3.05, 3.63) is 47.5 Å². The van der Waals surface area contributed by atoms with Crippen molar-refractivity contribution in [1.29, 1.82) is 0 Å². The normalized spacial score (nSPS) is 10.1. The highest BCUT2D eigenvalue weighted by atomic mass is 16.4. The maximum absolute atomic E-state index is 10.8. The summed E-state index contributed by atoms with van der Waals surface area (Å²) >= 11 is 0. The summed E-state index contributed by atoms with van der Waals surface area (Å²) in [6, 6.07) is 5.61. The van der Waals surface area contributed by atoms with Gasteiger partial charge < -0.3 is 10.4 Å². The molecule has 0 amide bonds. The van der Waals surface area contributed by atoms with Crippen molar-refractivity contribution in [3.63, 3.8) is 0 Å². The molecular weight excluding hydrogens is 232 g/mol. The zero-order chi connectivity index (χ0) is 13.0. The first-order chi connectivity index (χ1) is 8.66. The molecular formula is C12H12N4O2. The lowest BCUT2D eigenvalue weighted by Gasteiger charge is -2.06. The molecule has 6 heteroatoms. The zero-order valence-electron chi connectivity index (χ0n) is 9.79. The lowest BCUT2D eigenvalue weighted by Crippen LogP contribution is -2.09. The van der Waals surface area contributed by atoms with E-state index in [1.807, 2.05) is 18.2 Å². The van der Waals surface area contributed by atoms with Gasteiger partial charge in [0.2, 0.25) is 5.95 Å². The molecule has 0 fully saturated rings. The minimum absolute atomic E-state index is 0.110. The molecule has 2 aromatic rings. The molecule has 2 N–H and O–H groups in total. The summed E-state index contributed by atoms with van der Waals surface area (Å²) in [6.45, 7) is 2.13.